The Labute approximate surface area is 178 Å². The zero-order valence-electron chi connectivity index (χ0n) is 16.5. The van der Waals surface area contributed by atoms with E-state index in [0.717, 1.165) is 0 Å². The Morgan fingerprint density at radius 1 is 0.926 bits per heavy atom. The van der Waals surface area contributed by atoms with Gasteiger partial charge < -0.3 is 23.4 Å². The molecule has 3 nitrogen and oxygen atoms in total. The molecule has 0 spiro atoms. The van der Waals surface area contributed by atoms with Gasteiger partial charge in [-0.3, -0.25) is 0 Å². The molecule has 3 aromatic rings. The van der Waals surface area contributed by atoms with Gasteiger partial charge in [0.25, 0.3) is 0 Å². The molecule has 0 fully saturated rings. The molecule has 0 heterocycles. The van der Waals surface area contributed by atoms with Crippen LogP contribution in [0.15, 0.2) is 54.6 Å². The Morgan fingerprint density at radius 3 is 1.44 bits per heavy atom. The van der Waals surface area contributed by atoms with Crippen LogP contribution in [0.5, 0.6) is 0 Å². The standard InChI is InChI=1S/C13H9.C4H10N.C2H6O2.CH3.CH2.2ClH.Zr/c1-3-7-12-10(5-1)9-11-6-2-4-8-13(11)12;1-4(2,3)5;3-1-2-4;;;;;/h1-9H;5H,1-3H3;3-4H,1-2H2;1H3;1H2;2*1H;/q2*-1;;-1;;;;+2/p-2. The van der Waals surface area contributed by atoms with Crippen LogP contribution >= 0.6 is 17.0 Å². The molecule has 6 heteroatoms. The zero-order chi connectivity index (χ0) is 20.2. The summed E-state index contributed by atoms with van der Waals surface area (Å²) in [6.07, 6.45) is 0. The summed E-state index contributed by atoms with van der Waals surface area (Å²) in [7, 11) is 10.3. The van der Waals surface area contributed by atoms with E-state index in [-0.39, 0.29) is 26.2 Å². The monoisotopic (exact) mass is 488 g/mol. The SMILES string of the molecule is CC(C)(C)[NH-].OCCO.[CH2]=[Zr]([Cl])[Cl].[CH3-].c1ccc2c(c1)[cH-]c1ccccc12. The predicted octanol–water partition coefficient (Wildman–Crippen LogP) is 6.31. The maximum Gasteiger partial charge on any atom is -0.0771 e. The van der Waals surface area contributed by atoms with Crippen molar-refractivity contribution in [3.05, 3.63) is 67.8 Å². The largest absolute Gasteiger partial charge is 0.358 e. The molecule has 0 aliphatic rings. The average molecular weight is 491 g/mol. The van der Waals surface area contributed by atoms with Crippen LogP contribution < -0.4 is 0 Å². The van der Waals surface area contributed by atoms with E-state index >= 15 is 0 Å². The fourth-order valence-corrected chi connectivity index (χ4v) is 1.90. The summed E-state index contributed by atoms with van der Waals surface area (Å²) in [5.74, 6) is 0. The summed E-state index contributed by atoms with van der Waals surface area (Å²) in [5, 5.41) is 20.6. The van der Waals surface area contributed by atoms with E-state index in [1.54, 1.807) is 0 Å². The maximum absolute atomic E-state index is 7.62. The molecular weight excluding hydrogens is 460 g/mol. The van der Waals surface area contributed by atoms with Crippen LogP contribution in [-0.4, -0.2) is 33.2 Å². The molecule has 0 aliphatic carbocycles. The molecule has 27 heavy (non-hydrogen) atoms. The first-order chi connectivity index (χ1) is 12.1. The van der Waals surface area contributed by atoms with Crippen molar-refractivity contribution in [3.8, 4) is 0 Å². The van der Waals surface area contributed by atoms with E-state index in [4.69, 9.17) is 33.0 Å². The minimum atomic E-state index is -1.85. The van der Waals surface area contributed by atoms with E-state index in [1.807, 2.05) is 20.8 Å². The summed E-state index contributed by atoms with van der Waals surface area (Å²) in [5.41, 5.74) is 6.69. The van der Waals surface area contributed by atoms with Gasteiger partial charge in [-0.05, 0) is 0 Å². The third-order valence-electron chi connectivity index (χ3n) is 2.62. The van der Waals surface area contributed by atoms with Crippen LogP contribution in [0.4, 0.5) is 0 Å². The van der Waals surface area contributed by atoms with Crippen molar-refractivity contribution >= 4 is 42.8 Å². The van der Waals surface area contributed by atoms with E-state index in [9.17, 15) is 0 Å². The van der Waals surface area contributed by atoms with Crippen LogP contribution in [-0.2, 0) is 18.9 Å². The summed E-state index contributed by atoms with van der Waals surface area (Å²) in [4.78, 5) is 0. The second kappa shape index (κ2) is 15.4. The van der Waals surface area contributed by atoms with Crippen molar-refractivity contribution in [1.82, 2.24) is 0 Å². The zero-order valence-corrected chi connectivity index (χ0v) is 20.4. The Hall–Kier alpha value is -0.477. The molecule has 0 aromatic heterocycles. The number of aliphatic hydroxyl groups is 2. The molecule has 3 N–H and O–H groups in total. The van der Waals surface area contributed by atoms with Gasteiger partial charge in [0, 0.05) is 0 Å². The van der Waals surface area contributed by atoms with Crippen LogP contribution in [0, 0.1) is 7.43 Å². The molecular formula is C21H30Cl2NO2Zr-3. The molecule has 0 amide bonds. The summed E-state index contributed by atoms with van der Waals surface area (Å²) in [6, 6.07) is 19.3. The molecule has 0 atom stereocenters. The molecule has 0 bridgehead atoms. The van der Waals surface area contributed by atoms with Crippen molar-refractivity contribution in [2.75, 3.05) is 13.2 Å². The third kappa shape index (κ3) is 15.2. The normalized spacial score (nSPS) is 9.63. The van der Waals surface area contributed by atoms with E-state index in [2.05, 4.69) is 58.8 Å². The molecule has 3 rings (SSSR count). The maximum atomic E-state index is 7.62. The Balaban J connectivity index is 0. The Morgan fingerprint density at radius 2 is 1.19 bits per heavy atom. The van der Waals surface area contributed by atoms with E-state index < -0.39 is 18.9 Å². The van der Waals surface area contributed by atoms with Gasteiger partial charge in [0.15, 0.2) is 0 Å². The fourth-order valence-electron chi connectivity index (χ4n) is 1.90. The number of hydrogen-bond acceptors (Lipinski definition) is 2. The van der Waals surface area contributed by atoms with Gasteiger partial charge in [0.1, 0.15) is 0 Å². The first-order valence-corrected chi connectivity index (χ1v) is 16.2. The van der Waals surface area contributed by atoms with Crippen LogP contribution in [0.2, 0.25) is 0 Å². The first kappa shape index (κ1) is 28.7. The topological polar surface area (TPSA) is 64.3 Å². The summed E-state index contributed by atoms with van der Waals surface area (Å²) >= 11 is -1.85. The third-order valence-corrected chi connectivity index (χ3v) is 2.62. The fraction of sp³-hybridized carbons (Fsp3) is 0.286. The van der Waals surface area contributed by atoms with Gasteiger partial charge >= 0.3 is 40.1 Å². The number of halogens is 2. The molecule has 0 saturated heterocycles. The number of hydrogen-bond donors (Lipinski definition) is 2. The molecule has 3 aromatic carbocycles. The Kier molecular flexibility index (Phi) is 16.4. The molecule has 0 aliphatic heterocycles. The summed E-state index contributed by atoms with van der Waals surface area (Å²) in [6.45, 7) is 5.31. The molecule has 0 unspecified atom stereocenters. The number of fused-ring (bicyclic) bond motifs is 3. The van der Waals surface area contributed by atoms with Crippen molar-refractivity contribution in [2.24, 2.45) is 0 Å². The second-order valence-corrected chi connectivity index (χ2v) is 14.6. The second-order valence-electron chi connectivity index (χ2n) is 6.35. The number of benzene rings is 2. The average Bonchev–Trinajstić information content (AvgIpc) is 2.92. The van der Waals surface area contributed by atoms with Crippen molar-refractivity contribution in [1.29, 1.82) is 0 Å². The number of aliphatic hydroxyl groups excluding tert-OH is 2. The minimum absolute atomic E-state index is 0. The van der Waals surface area contributed by atoms with Gasteiger partial charge in [0.05, 0.1) is 13.2 Å². The first-order valence-electron chi connectivity index (χ1n) is 8.10. The number of rotatable bonds is 1. The van der Waals surface area contributed by atoms with Gasteiger partial charge in [0.2, 0.25) is 0 Å². The summed E-state index contributed by atoms with van der Waals surface area (Å²) < 4.78 is 3.37. The molecule has 152 valence electrons. The van der Waals surface area contributed by atoms with E-state index in [0.29, 0.717) is 0 Å². The van der Waals surface area contributed by atoms with Crippen molar-refractivity contribution < 1.29 is 29.1 Å². The van der Waals surface area contributed by atoms with Gasteiger partial charge in [-0.2, -0.15) is 0 Å². The van der Waals surface area contributed by atoms with Crippen LogP contribution in [0.25, 0.3) is 27.3 Å². The molecule has 0 saturated carbocycles. The van der Waals surface area contributed by atoms with E-state index in [1.165, 1.54) is 21.5 Å². The van der Waals surface area contributed by atoms with Gasteiger partial charge in [-0.25, -0.2) is 0 Å². The van der Waals surface area contributed by atoms with Crippen molar-refractivity contribution in [3.63, 3.8) is 0 Å². The predicted molar refractivity (Wildman–Crippen MR) is 121 cm³/mol. The van der Waals surface area contributed by atoms with Crippen LogP contribution in [0.3, 0.4) is 0 Å². The molecule has 0 radical (unpaired) electrons. The van der Waals surface area contributed by atoms with Gasteiger partial charge in [-0.15, -0.1) is 45.3 Å². The van der Waals surface area contributed by atoms with Crippen LogP contribution in [0.1, 0.15) is 20.8 Å². The smallest absolute Gasteiger partial charge is 0.0771 e. The van der Waals surface area contributed by atoms with Crippen molar-refractivity contribution in [2.45, 2.75) is 26.3 Å². The number of nitrogens with one attached hydrogen (secondary N) is 1. The minimum Gasteiger partial charge on any atom is -0.358 e. The quantitative estimate of drug-likeness (QED) is 0.393. The Bertz CT molecular complexity index is 720. The van der Waals surface area contributed by atoms with Gasteiger partial charge in [-0.1, -0.05) is 57.2 Å².